The van der Waals surface area contributed by atoms with Crippen molar-refractivity contribution in [2.45, 2.75) is 4.90 Å². The first-order valence-corrected chi connectivity index (χ1v) is 4.99. The van der Waals surface area contributed by atoms with E-state index in [2.05, 4.69) is 15.9 Å². The average Bonchev–Trinajstić information content (AvgIpc) is 2.04. The molecule has 0 saturated heterocycles. The van der Waals surface area contributed by atoms with E-state index in [0.717, 1.165) is 6.07 Å². The van der Waals surface area contributed by atoms with Gasteiger partial charge in [-0.05, 0) is 29.3 Å². The molecule has 0 aliphatic rings. The van der Waals surface area contributed by atoms with E-state index in [1.807, 2.05) is 0 Å². The van der Waals surface area contributed by atoms with Crippen LogP contribution in [0.2, 0.25) is 0 Å². The molecule has 0 N–H and O–H groups in total. The quantitative estimate of drug-likeness (QED) is 0.402. The number of carboxylic acid groups (broad SMARTS) is 1. The fraction of sp³-hybridized carbons (Fsp3) is 0. The summed E-state index contributed by atoms with van der Waals surface area (Å²) in [6, 6.07) is 3.67. The van der Waals surface area contributed by atoms with E-state index >= 15 is 0 Å². The van der Waals surface area contributed by atoms with Crippen molar-refractivity contribution in [3.8, 4) is 0 Å². The van der Waals surface area contributed by atoms with Gasteiger partial charge in [0.25, 0.3) is 0 Å². The summed E-state index contributed by atoms with van der Waals surface area (Å²) in [6.45, 7) is 0. The molecule has 0 heterocycles. The maximum Gasteiger partial charge on any atom is 1.00 e. The summed E-state index contributed by atoms with van der Waals surface area (Å²) >= 11 is 0.532. The molecule has 0 amide bonds. The van der Waals surface area contributed by atoms with Gasteiger partial charge in [0.15, 0.2) is 0 Å². The van der Waals surface area contributed by atoms with Gasteiger partial charge < -0.3 is 14.5 Å². The van der Waals surface area contributed by atoms with Gasteiger partial charge in [-0.25, -0.2) is 0 Å². The molecule has 1 atom stereocenters. The van der Waals surface area contributed by atoms with Gasteiger partial charge in [-0.15, -0.1) is 0 Å². The number of hydrogen-bond donors (Lipinski definition) is 0. The molecule has 15 heavy (non-hydrogen) atoms. The van der Waals surface area contributed by atoms with Crippen LogP contribution in [0.4, 0.5) is 0 Å². The SMILES string of the molecule is O=C([O-])c1cc(S(=O)[O-])ccc1Br.[Na+].[Na+]. The van der Waals surface area contributed by atoms with E-state index < -0.39 is 17.0 Å². The largest absolute Gasteiger partial charge is 1.00 e. The number of carboxylic acids is 1. The molecule has 4 nitrogen and oxygen atoms in total. The van der Waals surface area contributed by atoms with Crippen molar-refractivity contribution in [3.63, 3.8) is 0 Å². The van der Waals surface area contributed by atoms with Crippen molar-refractivity contribution in [1.29, 1.82) is 0 Å². The van der Waals surface area contributed by atoms with Crippen LogP contribution in [0, 0.1) is 0 Å². The molecule has 0 saturated carbocycles. The Morgan fingerprint density at radius 1 is 1.33 bits per heavy atom. The van der Waals surface area contributed by atoms with Gasteiger partial charge in [-0.1, -0.05) is 15.9 Å². The van der Waals surface area contributed by atoms with Crippen LogP contribution in [0.5, 0.6) is 0 Å². The Bertz CT molecular complexity index is 385. The average molecular weight is 309 g/mol. The zero-order valence-electron chi connectivity index (χ0n) is 8.15. The van der Waals surface area contributed by atoms with Crippen molar-refractivity contribution in [3.05, 3.63) is 28.2 Å². The minimum Gasteiger partial charge on any atom is -0.768 e. The minimum atomic E-state index is -2.43. The number of carbonyl (C=O) groups excluding carboxylic acids is 1. The monoisotopic (exact) mass is 308 g/mol. The summed E-state index contributed by atoms with van der Waals surface area (Å²) in [5.74, 6) is -1.42. The summed E-state index contributed by atoms with van der Waals surface area (Å²) in [6.07, 6.45) is 0. The number of hydrogen-bond acceptors (Lipinski definition) is 4. The Hall–Kier alpha value is 1.28. The summed E-state index contributed by atoms with van der Waals surface area (Å²) in [4.78, 5) is 10.4. The molecule has 1 unspecified atom stereocenters. The van der Waals surface area contributed by atoms with E-state index in [-0.39, 0.29) is 69.6 Å². The van der Waals surface area contributed by atoms with Crippen molar-refractivity contribution in [2.75, 3.05) is 0 Å². The Labute approximate surface area is 142 Å². The summed E-state index contributed by atoms with van der Waals surface area (Å²) in [5, 5.41) is 10.5. The van der Waals surface area contributed by atoms with E-state index in [1.165, 1.54) is 12.1 Å². The summed E-state index contributed by atoms with van der Waals surface area (Å²) < 4.78 is 21.2. The van der Waals surface area contributed by atoms with Crippen molar-refractivity contribution < 1.29 is 77.8 Å². The maximum absolute atomic E-state index is 10.5. The van der Waals surface area contributed by atoms with Crippen LogP contribution >= 0.6 is 15.9 Å². The standard InChI is InChI=1S/C7H5BrO4S.2Na/c8-6-2-1-4(13(11)12)3-5(6)7(9)10;;/h1-3H,(H,9,10)(H,11,12);;/q;2*+1/p-2. The van der Waals surface area contributed by atoms with Gasteiger partial charge >= 0.3 is 59.1 Å². The second-order valence-corrected chi connectivity index (χ2v) is 3.96. The molecule has 0 radical (unpaired) electrons. The van der Waals surface area contributed by atoms with Crippen molar-refractivity contribution in [2.24, 2.45) is 0 Å². The third-order valence-electron chi connectivity index (χ3n) is 1.35. The van der Waals surface area contributed by atoms with Gasteiger partial charge in [-0.2, -0.15) is 0 Å². The number of benzene rings is 1. The molecule has 0 aliphatic heterocycles. The topological polar surface area (TPSA) is 80.3 Å². The molecule has 1 rings (SSSR count). The Balaban J connectivity index is 0. The van der Waals surface area contributed by atoms with Crippen LogP contribution in [0.1, 0.15) is 10.4 Å². The number of carbonyl (C=O) groups is 1. The maximum atomic E-state index is 10.5. The fourth-order valence-electron chi connectivity index (χ4n) is 0.764. The van der Waals surface area contributed by atoms with Crippen LogP contribution < -0.4 is 64.2 Å². The van der Waals surface area contributed by atoms with E-state index in [4.69, 9.17) is 0 Å². The van der Waals surface area contributed by atoms with Crippen molar-refractivity contribution >= 4 is 33.0 Å². The number of aromatic carboxylic acids is 1. The minimum absolute atomic E-state index is 0. The normalized spacial score (nSPS) is 10.8. The predicted octanol–water partition coefficient (Wildman–Crippen LogP) is -5.94. The van der Waals surface area contributed by atoms with Crippen LogP contribution in [0.3, 0.4) is 0 Å². The molecular formula is C7H3BrNa2O4S. The first-order valence-electron chi connectivity index (χ1n) is 3.12. The Kier molecular flexibility index (Phi) is 10.4. The van der Waals surface area contributed by atoms with Gasteiger partial charge in [-0.3, -0.25) is 4.21 Å². The van der Waals surface area contributed by atoms with E-state index in [1.54, 1.807) is 0 Å². The smallest absolute Gasteiger partial charge is 0.768 e. The van der Waals surface area contributed by atoms with Crippen LogP contribution in [-0.4, -0.2) is 14.7 Å². The molecule has 0 bridgehead atoms. The van der Waals surface area contributed by atoms with Crippen molar-refractivity contribution in [1.82, 2.24) is 0 Å². The van der Waals surface area contributed by atoms with Gasteiger partial charge in [0, 0.05) is 14.9 Å². The number of rotatable bonds is 2. The molecule has 0 aliphatic carbocycles. The third kappa shape index (κ3) is 5.43. The molecule has 70 valence electrons. The van der Waals surface area contributed by atoms with Gasteiger partial charge in [0.1, 0.15) is 0 Å². The summed E-state index contributed by atoms with van der Waals surface area (Å²) in [7, 11) is 0. The molecular weight excluding hydrogens is 306 g/mol. The van der Waals surface area contributed by atoms with Gasteiger partial charge in [0.05, 0.1) is 5.97 Å². The first kappa shape index (κ1) is 18.6. The molecule has 0 spiro atoms. The number of halogens is 1. The molecule has 0 fully saturated rings. The summed E-state index contributed by atoms with van der Waals surface area (Å²) in [5.41, 5.74) is -0.179. The molecule has 8 heteroatoms. The van der Waals surface area contributed by atoms with Crippen LogP contribution in [0.25, 0.3) is 0 Å². The Morgan fingerprint density at radius 2 is 1.87 bits per heavy atom. The van der Waals surface area contributed by atoms with Gasteiger partial charge in [0.2, 0.25) is 0 Å². The second-order valence-electron chi connectivity index (χ2n) is 2.16. The Morgan fingerprint density at radius 3 is 2.27 bits per heavy atom. The molecule has 1 aromatic rings. The first-order chi connectivity index (χ1) is 6.02. The predicted molar refractivity (Wildman–Crippen MR) is 45.7 cm³/mol. The zero-order valence-corrected chi connectivity index (χ0v) is 14.6. The fourth-order valence-corrected chi connectivity index (χ4v) is 1.57. The molecule has 1 aromatic carbocycles. The van der Waals surface area contributed by atoms with E-state index in [9.17, 15) is 18.7 Å². The molecule has 0 aromatic heterocycles. The van der Waals surface area contributed by atoms with Crippen LogP contribution in [0.15, 0.2) is 27.6 Å². The third-order valence-corrected chi connectivity index (χ3v) is 2.68. The van der Waals surface area contributed by atoms with E-state index in [0.29, 0.717) is 4.47 Å². The van der Waals surface area contributed by atoms with Crippen LogP contribution in [-0.2, 0) is 11.1 Å². The second kappa shape index (κ2) is 8.38. The zero-order chi connectivity index (χ0) is 10.0.